The third kappa shape index (κ3) is 3.53. The first-order chi connectivity index (χ1) is 13.2. The number of thioether (sulfide) groups is 1. The number of hydrogen-bond acceptors (Lipinski definition) is 6. The van der Waals surface area contributed by atoms with Crippen molar-refractivity contribution in [3.8, 4) is 17.1 Å². The van der Waals surface area contributed by atoms with E-state index in [-0.39, 0.29) is 6.23 Å². The summed E-state index contributed by atoms with van der Waals surface area (Å²) in [6, 6.07) is 14.3. The molecule has 1 atom stereocenters. The van der Waals surface area contributed by atoms with Crippen molar-refractivity contribution < 1.29 is 4.74 Å². The molecule has 0 bridgehead atoms. The van der Waals surface area contributed by atoms with Crippen molar-refractivity contribution in [1.29, 1.82) is 0 Å². The monoisotopic (exact) mass is 376 g/mol. The number of aryl methyl sites for hydroxylation is 2. The summed E-state index contributed by atoms with van der Waals surface area (Å²) < 4.78 is 6.32. The van der Waals surface area contributed by atoms with Gasteiger partial charge in [0.2, 0.25) is 11.0 Å². The van der Waals surface area contributed by atoms with Crippen LogP contribution in [0.5, 0.6) is 5.88 Å². The fourth-order valence-corrected chi connectivity index (χ4v) is 3.54. The SMILES string of the molecule is C=CCSc1nnc2c(n1)O[C@@H](c1cc(C)ccc1C)Nc1ccccc1-2. The van der Waals surface area contributed by atoms with Gasteiger partial charge < -0.3 is 10.1 Å². The van der Waals surface area contributed by atoms with Crippen molar-refractivity contribution in [2.45, 2.75) is 25.2 Å². The number of benzene rings is 2. The molecule has 0 spiro atoms. The predicted molar refractivity (Wildman–Crippen MR) is 109 cm³/mol. The zero-order valence-electron chi connectivity index (χ0n) is 15.3. The lowest BCUT2D eigenvalue weighted by Crippen LogP contribution is -2.18. The normalized spacial score (nSPS) is 15.0. The van der Waals surface area contributed by atoms with Crippen molar-refractivity contribution in [3.63, 3.8) is 0 Å². The quantitative estimate of drug-likeness (QED) is 0.514. The average molecular weight is 376 g/mol. The van der Waals surface area contributed by atoms with Crippen molar-refractivity contribution in [3.05, 3.63) is 71.8 Å². The minimum absolute atomic E-state index is 0.360. The molecule has 0 aliphatic carbocycles. The first kappa shape index (κ1) is 17.5. The van der Waals surface area contributed by atoms with Gasteiger partial charge in [-0.3, -0.25) is 0 Å². The highest BCUT2D eigenvalue weighted by Crippen LogP contribution is 2.40. The Balaban J connectivity index is 1.83. The van der Waals surface area contributed by atoms with Crippen LogP contribution in [0.15, 0.2) is 60.3 Å². The minimum atomic E-state index is -0.360. The topological polar surface area (TPSA) is 59.9 Å². The van der Waals surface area contributed by atoms with E-state index in [1.807, 2.05) is 30.3 Å². The van der Waals surface area contributed by atoms with E-state index < -0.39 is 0 Å². The fraction of sp³-hybridized carbons (Fsp3) is 0.190. The maximum Gasteiger partial charge on any atom is 0.247 e. The number of ether oxygens (including phenoxy) is 1. The Kier molecular flexibility index (Phi) is 4.81. The van der Waals surface area contributed by atoms with Crippen LogP contribution in [0.3, 0.4) is 0 Å². The number of anilines is 1. The minimum Gasteiger partial charge on any atom is -0.448 e. The smallest absolute Gasteiger partial charge is 0.247 e. The van der Waals surface area contributed by atoms with E-state index in [1.165, 1.54) is 17.3 Å². The number of nitrogens with one attached hydrogen (secondary N) is 1. The Morgan fingerprint density at radius 2 is 2.04 bits per heavy atom. The maximum atomic E-state index is 6.32. The summed E-state index contributed by atoms with van der Waals surface area (Å²) in [5.41, 5.74) is 5.94. The van der Waals surface area contributed by atoms with Gasteiger partial charge in [-0.1, -0.05) is 59.8 Å². The van der Waals surface area contributed by atoms with Gasteiger partial charge >= 0.3 is 0 Å². The molecule has 2 aromatic carbocycles. The Morgan fingerprint density at radius 3 is 2.89 bits per heavy atom. The van der Waals surface area contributed by atoms with Crippen LogP contribution < -0.4 is 10.1 Å². The lowest BCUT2D eigenvalue weighted by Gasteiger charge is -2.21. The van der Waals surface area contributed by atoms with Gasteiger partial charge in [-0.25, -0.2) is 0 Å². The molecule has 1 N–H and O–H groups in total. The molecule has 6 heteroatoms. The summed E-state index contributed by atoms with van der Waals surface area (Å²) in [6.45, 7) is 7.90. The van der Waals surface area contributed by atoms with Gasteiger partial charge in [0.15, 0.2) is 11.9 Å². The molecule has 2 heterocycles. The molecule has 1 aliphatic heterocycles. The third-order valence-corrected chi connectivity index (χ3v) is 5.21. The van der Waals surface area contributed by atoms with Crippen LogP contribution in [0.1, 0.15) is 22.9 Å². The molecular weight excluding hydrogens is 356 g/mol. The Morgan fingerprint density at radius 1 is 1.19 bits per heavy atom. The molecule has 3 aromatic rings. The molecule has 5 nitrogen and oxygen atoms in total. The second-order valence-corrected chi connectivity index (χ2v) is 7.38. The lowest BCUT2D eigenvalue weighted by atomic mass is 10.0. The highest BCUT2D eigenvalue weighted by Gasteiger charge is 2.26. The Bertz CT molecular complexity index is 1010. The van der Waals surface area contributed by atoms with Crippen LogP contribution in [-0.2, 0) is 0 Å². The fourth-order valence-electron chi connectivity index (χ4n) is 3.02. The second-order valence-electron chi connectivity index (χ2n) is 6.40. The number of fused-ring (bicyclic) bond motifs is 3. The van der Waals surface area contributed by atoms with Crippen LogP contribution in [-0.4, -0.2) is 20.9 Å². The van der Waals surface area contributed by atoms with Crippen LogP contribution in [0.2, 0.25) is 0 Å². The summed E-state index contributed by atoms with van der Waals surface area (Å²) in [6.07, 6.45) is 1.46. The van der Waals surface area contributed by atoms with Gasteiger partial charge in [-0.2, -0.15) is 4.98 Å². The summed E-state index contributed by atoms with van der Waals surface area (Å²) in [5.74, 6) is 1.20. The van der Waals surface area contributed by atoms with Crippen molar-refractivity contribution in [2.24, 2.45) is 0 Å². The summed E-state index contributed by atoms with van der Waals surface area (Å²) in [4.78, 5) is 4.62. The molecule has 0 radical (unpaired) electrons. The van der Waals surface area contributed by atoms with E-state index in [9.17, 15) is 0 Å². The van der Waals surface area contributed by atoms with Crippen molar-refractivity contribution in [2.75, 3.05) is 11.1 Å². The van der Waals surface area contributed by atoms with Gasteiger partial charge in [0.25, 0.3) is 0 Å². The molecule has 1 aliphatic rings. The third-order valence-electron chi connectivity index (χ3n) is 4.38. The van der Waals surface area contributed by atoms with Crippen molar-refractivity contribution in [1.82, 2.24) is 15.2 Å². The Labute approximate surface area is 162 Å². The van der Waals surface area contributed by atoms with Crippen LogP contribution >= 0.6 is 11.8 Å². The van der Waals surface area contributed by atoms with E-state index >= 15 is 0 Å². The molecule has 0 fully saturated rings. The highest BCUT2D eigenvalue weighted by molar-refractivity contribution is 7.99. The number of para-hydroxylation sites is 1. The van der Waals surface area contributed by atoms with Gasteiger partial charge in [-0.15, -0.1) is 16.8 Å². The van der Waals surface area contributed by atoms with E-state index in [1.54, 1.807) is 0 Å². The lowest BCUT2D eigenvalue weighted by molar-refractivity contribution is 0.224. The first-order valence-corrected chi connectivity index (χ1v) is 9.72. The number of nitrogens with zero attached hydrogens (tertiary/aromatic N) is 3. The van der Waals surface area contributed by atoms with E-state index in [4.69, 9.17) is 4.74 Å². The zero-order valence-corrected chi connectivity index (χ0v) is 16.1. The highest BCUT2D eigenvalue weighted by atomic mass is 32.2. The zero-order chi connectivity index (χ0) is 18.8. The van der Waals surface area contributed by atoms with Gasteiger partial charge in [0, 0.05) is 22.6 Å². The van der Waals surface area contributed by atoms with Crippen molar-refractivity contribution >= 4 is 17.4 Å². The summed E-state index contributed by atoms with van der Waals surface area (Å²) in [5, 5.41) is 12.7. The van der Waals surface area contributed by atoms with E-state index in [0.717, 1.165) is 28.1 Å². The molecule has 136 valence electrons. The van der Waals surface area contributed by atoms with Crippen LogP contribution in [0, 0.1) is 13.8 Å². The van der Waals surface area contributed by atoms with Gasteiger partial charge in [-0.05, 0) is 25.5 Å². The second kappa shape index (κ2) is 7.40. The van der Waals surface area contributed by atoms with Crippen LogP contribution in [0.25, 0.3) is 11.3 Å². The van der Waals surface area contributed by atoms with Crippen LogP contribution in [0.4, 0.5) is 5.69 Å². The van der Waals surface area contributed by atoms with E-state index in [0.29, 0.717) is 16.7 Å². The summed E-state index contributed by atoms with van der Waals surface area (Å²) >= 11 is 1.48. The molecule has 27 heavy (non-hydrogen) atoms. The summed E-state index contributed by atoms with van der Waals surface area (Å²) in [7, 11) is 0. The standard InChI is InChI=1S/C21H20N4OS/c1-4-11-27-21-23-20-18(24-25-21)15-7-5-6-8-17(15)22-19(26-20)16-12-13(2)9-10-14(16)3/h4-10,12,19,22H,1,11H2,2-3H3/t19-/m0/s1. The molecule has 0 saturated heterocycles. The van der Waals surface area contributed by atoms with Gasteiger partial charge in [0.1, 0.15) is 0 Å². The molecule has 1 aromatic heterocycles. The molecule has 0 saturated carbocycles. The Hall–Kier alpha value is -2.86. The van der Waals surface area contributed by atoms with E-state index in [2.05, 4.69) is 59.1 Å². The average Bonchev–Trinajstić information content (AvgIpc) is 2.84. The first-order valence-electron chi connectivity index (χ1n) is 8.74. The molecule has 0 unspecified atom stereocenters. The molecule has 0 amide bonds. The van der Waals surface area contributed by atoms with Gasteiger partial charge in [0.05, 0.1) is 0 Å². The largest absolute Gasteiger partial charge is 0.448 e. The number of aromatic nitrogens is 3. The molecule has 4 rings (SSSR count). The molecular formula is C21H20N4OS. The number of rotatable bonds is 4. The number of hydrogen-bond donors (Lipinski definition) is 1. The maximum absolute atomic E-state index is 6.32. The predicted octanol–water partition coefficient (Wildman–Crippen LogP) is 4.94.